The Hall–Kier alpha value is -0.860. The van der Waals surface area contributed by atoms with E-state index in [1.165, 1.54) is 12.0 Å². The molecule has 0 unspecified atom stereocenters. The van der Waals surface area contributed by atoms with Crippen molar-refractivity contribution in [3.63, 3.8) is 0 Å². The lowest BCUT2D eigenvalue weighted by atomic mass is 9.50. The number of aliphatic hydroxyl groups excluding tert-OH is 2. The van der Waals surface area contributed by atoms with E-state index in [0.29, 0.717) is 17.8 Å². The Balaban J connectivity index is 1.75. The molecule has 0 aromatic rings. The highest BCUT2D eigenvalue weighted by atomic mass is 16.3. The smallest absolute Gasteiger partial charge is 0.0908 e. The zero-order valence-corrected chi connectivity index (χ0v) is 13.0. The molecule has 0 radical (unpaired) electrons. The molecular formula is C19H26O2. The molecule has 0 aromatic heterocycles. The Kier molecular flexibility index (Phi) is 2.84. The van der Waals surface area contributed by atoms with Gasteiger partial charge in [0.15, 0.2) is 0 Å². The molecule has 0 amide bonds. The molecular weight excluding hydrogens is 260 g/mol. The van der Waals surface area contributed by atoms with Crippen LogP contribution in [0, 0.1) is 28.6 Å². The van der Waals surface area contributed by atoms with E-state index in [1.54, 1.807) is 0 Å². The maximum Gasteiger partial charge on any atom is 0.0908 e. The first-order valence-corrected chi connectivity index (χ1v) is 8.41. The summed E-state index contributed by atoms with van der Waals surface area (Å²) in [5, 5.41) is 20.3. The normalized spacial score (nSPS) is 54.7. The molecule has 4 rings (SSSR count). The van der Waals surface area contributed by atoms with Gasteiger partial charge in [-0.3, -0.25) is 0 Å². The first-order chi connectivity index (χ1) is 9.95. The molecule has 0 aliphatic heterocycles. The van der Waals surface area contributed by atoms with Gasteiger partial charge in [0, 0.05) is 5.41 Å². The Bertz CT molecular complexity index is 546. The summed E-state index contributed by atoms with van der Waals surface area (Å²) in [6, 6.07) is 0. The van der Waals surface area contributed by atoms with Crippen LogP contribution in [-0.4, -0.2) is 22.4 Å². The summed E-state index contributed by atoms with van der Waals surface area (Å²) in [6.45, 7) is 4.63. The van der Waals surface area contributed by atoms with Crippen molar-refractivity contribution in [1.82, 2.24) is 0 Å². The monoisotopic (exact) mass is 286 g/mol. The first-order valence-electron chi connectivity index (χ1n) is 8.41. The van der Waals surface area contributed by atoms with Crippen LogP contribution in [0.25, 0.3) is 0 Å². The molecule has 2 nitrogen and oxygen atoms in total. The highest BCUT2D eigenvalue weighted by Crippen LogP contribution is 2.62. The van der Waals surface area contributed by atoms with Gasteiger partial charge in [-0.2, -0.15) is 0 Å². The molecule has 0 bridgehead atoms. The molecule has 0 heterocycles. The van der Waals surface area contributed by atoms with Crippen molar-refractivity contribution < 1.29 is 10.2 Å². The maximum absolute atomic E-state index is 10.4. The van der Waals surface area contributed by atoms with E-state index in [1.807, 2.05) is 12.2 Å². The predicted molar refractivity (Wildman–Crippen MR) is 83.5 cm³/mol. The van der Waals surface area contributed by atoms with Crippen LogP contribution in [0.2, 0.25) is 0 Å². The number of fused-ring (bicyclic) bond motifs is 5. The minimum absolute atomic E-state index is 0.0630. The van der Waals surface area contributed by atoms with Crippen molar-refractivity contribution in [1.29, 1.82) is 0 Å². The third-order valence-corrected chi connectivity index (χ3v) is 7.16. The topological polar surface area (TPSA) is 40.5 Å². The summed E-state index contributed by atoms with van der Waals surface area (Å²) in [4.78, 5) is 0. The summed E-state index contributed by atoms with van der Waals surface area (Å²) < 4.78 is 0. The van der Waals surface area contributed by atoms with E-state index in [4.69, 9.17) is 0 Å². The van der Waals surface area contributed by atoms with Crippen LogP contribution < -0.4 is 0 Å². The molecule has 0 spiro atoms. The summed E-state index contributed by atoms with van der Waals surface area (Å²) >= 11 is 0. The fourth-order valence-electron chi connectivity index (χ4n) is 5.74. The minimum atomic E-state index is -0.434. The summed E-state index contributed by atoms with van der Waals surface area (Å²) in [7, 11) is 0. The zero-order chi connectivity index (χ0) is 14.8. The van der Waals surface area contributed by atoms with Gasteiger partial charge in [0.2, 0.25) is 0 Å². The Morgan fingerprint density at radius 1 is 1.05 bits per heavy atom. The van der Waals surface area contributed by atoms with Gasteiger partial charge in [0.05, 0.1) is 12.2 Å². The number of allylic oxidation sites excluding steroid dienone is 4. The van der Waals surface area contributed by atoms with E-state index in [0.717, 1.165) is 19.3 Å². The molecule has 0 saturated heterocycles. The summed E-state index contributed by atoms with van der Waals surface area (Å²) in [6.07, 6.45) is 14.7. The molecule has 2 saturated carbocycles. The average molecular weight is 286 g/mol. The second-order valence-electron chi connectivity index (χ2n) is 8.04. The molecule has 4 aliphatic carbocycles. The van der Waals surface area contributed by atoms with Crippen LogP contribution in [0.5, 0.6) is 0 Å². The third kappa shape index (κ3) is 1.72. The molecule has 4 aliphatic rings. The predicted octanol–water partition coefficient (Wildman–Crippen LogP) is 3.22. The summed E-state index contributed by atoms with van der Waals surface area (Å²) in [5.41, 5.74) is 1.45. The van der Waals surface area contributed by atoms with Crippen molar-refractivity contribution in [3.8, 4) is 0 Å². The highest BCUT2D eigenvalue weighted by molar-refractivity contribution is 5.42. The standard InChI is InChI=1S/C19H26O2/c1-18-9-7-13(20)11-12(18)3-4-14-15-5-6-17(21)19(15,2)10-8-16(14)18/h3-4,7,9,11,13-17,20-21H,5-6,8,10H2,1-2H3/t13-,14-,15-,16-,17-,18-,19-/m0/s1. The van der Waals surface area contributed by atoms with Gasteiger partial charge >= 0.3 is 0 Å². The maximum atomic E-state index is 10.4. The quantitative estimate of drug-likeness (QED) is 0.671. The second-order valence-corrected chi connectivity index (χ2v) is 8.04. The Morgan fingerprint density at radius 3 is 2.67 bits per heavy atom. The van der Waals surface area contributed by atoms with Crippen molar-refractivity contribution in [2.75, 3.05) is 0 Å². The van der Waals surface area contributed by atoms with E-state index in [-0.39, 0.29) is 16.9 Å². The van der Waals surface area contributed by atoms with Crippen molar-refractivity contribution in [3.05, 3.63) is 36.0 Å². The van der Waals surface area contributed by atoms with Crippen molar-refractivity contribution >= 4 is 0 Å². The van der Waals surface area contributed by atoms with Gasteiger partial charge in [-0.15, -0.1) is 0 Å². The number of hydrogen-bond donors (Lipinski definition) is 2. The van der Waals surface area contributed by atoms with Crippen LogP contribution in [0.1, 0.15) is 39.5 Å². The van der Waals surface area contributed by atoms with E-state index in [9.17, 15) is 10.2 Å². The lowest BCUT2D eigenvalue weighted by molar-refractivity contribution is -0.0379. The molecule has 2 fully saturated rings. The van der Waals surface area contributed by atoms with Crippen molar-refractivity contribution in [2.24, 2.45) is 28.6 Å². The van der Waals surface area contributed by atoms with Gasteiger partial charge in [-0.05, 0) is 60.5 Å². The van der Waals surface area contributed by atoms with E-state index < -0.39 is 6.10 Å². The van der Waals surface area contributed by atoms with Crippen LogP contribution in [0.4, 0.5) is 0 Å². The lowest BCUT2D eigenvalue weighted by Crippen LogP contribution is -2.49. The second kappa shape index (κ2) is 4.33. The van der Waals surface area contributed by atoms with Gasteiger partial charge < -0.3 is 10.2 Å². The largest absolute Gasteiger partial charge is 0.393 e. The van der Waals surface area contributed by atoms with Gasteiger partial charge in [0.1, 0.15) is 0 Å². The van der Waals surface area contributed by atoms with Crippen LogP contribution in [-0.2, 0) is 0 Å². The molecule has 114 valence electrons. The number of hydrogen-bond acceptors (Lipinski definition) is 2. The molecule has 2 N–H and O–H groups in total. The van der Waals surface area contributed by atoms with Gasteiger partial charge in [-0.25, -0.2) is 0 Å². The summed E-state index contributed by atoms with van der Waals surface area (Å²) in [5.74, 6) is 1.80. The first kappa shape index (κ1) is 13.8. The zero-order valence-electron chi connectivity index (χ0n) is 13.0. The Morgan fingerprint density at radius 2 is 1.86 bits per heavy atom. The molecule has 7 atom stereocenters. The fraction of sp³-hybridized carbons (Fsp3) is 0.684. The molecule has 21 heavy (non-hydrogen) atoms. The highest BCUT2D eigenvalue weighted by Gasteiger charge is 2.57. The number of rotatable bonds is 0. The van der Waals surface area contributed by atoms with Gasteiger partial charge in [-0.1, -0.05) is 38.2 Å². The SMILES string of the molecule is C[C@]12CC[C@H]3[C@@H](C=CC4=C[C@@H](O)C=C[C@@]43C)[C@@H]1CC[C@@H]2O. The van der Waals surface area contributed by atoms with Crippen LogP contribution >= 0.6 is 0 Å². The van der Waals surface area contributed by atoms with Crippen LogP contribution in [0.3, 0.4) is 0 Å². The van der Waals surface area contributed by atoms with Crippen LogP contribution in [0.15, 0.2) is 36.0 Å². The van der Waals surface area contributed by atoms with Gasteiger partial charge in [0.25, 0.3) is 0 Å². The van der Waals surface area contributed by atoms with E-state index in [2.05, 4.69) is 32.1 Å². The number of aliphatic hydroxyl groups is 2. The van der Waals surface area contributed by atoms with E-state index >= 15 is 0 Å². The van der Waals surface area contributed by atoms with Crippen molar-refractivity contribution in [2.45, 2.75) is 51.7 Å². The third-order valence-electron chi connectivity index (χ3n) is 7.16. The Labute approximate surface area is 127 Å². The molecule has 0 aromatic carbocycles. The minimum Gasteiger partial charge on any atom is -0.393 e. The fourth-order valence-corrected chi connectivity index (χ4v) is 5.74. The average Bonchev–Trinajstić information content (AvgIpc) is 2.76. The lowest BCUT2D eigenvalue weighted by Gasteiger charge is -2.54. The molecule has 2 heteroatoms.